The molecule has 29 heavy (non-hydrogen) atoms. The predicted molar refractivity (Wildman–Crippen MR) is 115 cm³/mol. The predicted octanol–water partition coefficient (Wildman–Crippen LogP) is 4.81. The van der Waals surface area contributed by atoms with Crippen LogP contribution in [0.4, 0.5) is 11.4 Å². The fourth-order valence-corrected chi connectivity index (χ4v) is 4.27. The number of thioether (sulfide) groups is 1. The highest BCUT2D eigenvalue weighted by atomic mass is 32.2. The highest BCUT2D eigenvalue weighted by Crippen LogP contribution is 2.34. The first-order chi connectivity index (χ1) is 14.0. The molecule has 1 N–H and O–H groups in total. The Hall–Kier alpha value is -2.80. The van der Waals surface area contributed by atoms with Crippen molar-refractivity contribution in [3.63, 3.8) is 0 Å². The molecule has 7 heteroatoms. The van der Waals surface area contributed by atoms with Crippen molar-refractivity contribution >= 4 is 46.1 Å². The van der Waals surface area contributed by atoms with Gasteiger partial charge >= 0.3 is 0 Å². The van der Waals surface area contributed by atoms with Gasteiger partial charge in [0.15, 0.2) is 11.5 Å². The number of carbonyl (C=O) groups is 2. The third kappa shape index (κ3) is 4.29. The van der Waals surface area contributed by atoms with Gasteiger partial charge in [0.05, 0.1) is 5.69 Å². The maximum Gasteiger partial charge on any atom is 0.227 e. The Labute approximate surface area is 173 Å². The molecule has 0 atom stereocenters. The van der Waals surface area contributed by atoms with E-state index in [-0.39, 0.29) is 30.6 Å². The zero-order chi connectivity index (χ0) is 20.4. The number of nitrogens with one attached hydrogen (secondary N) is 1. The van der Waals surface area contributed by atoms with Gasteiger partial charge in [0.1, 0.15) is 5.52 Å². The van der Waals surface area contributed by atoms with Crippen molar-refractivity contribution in [2.24, 2.45) is 0 Å². The zero-order valence-corrected chi connectivity index (χ0v) is 17.3. The van der Waals surface area contributed by atoms with Gasteiger partial charge in [0.2, 0.25) is 11.8 Å². The number of hydrogen-bond acceptors (Lipinski definition) is 5. The molecule has 0 spiro atoms. The second-order valence-electron chi connectivity index (χ2n) is 7.30. The van der Waals surface area contributed by atoms with Crippen LogP contribution in [0.15, 0.2) is 51.8 Å². The monoisotopic (exact) mass is 409 g/mol. The maximum atomic E-state index is 12.7. The molecule has 3 aromatic rings. The second-order valence-corrected chi connectivity index (χ2v) is 8.44. The lowest BCUT2D eigenvalue weighted by Crippen LogP contribution is -2.35. The summed E-state index contributed by atoms with van der Waals surface area (Å²) in [6, 6.07) is 13.3. The summed E-state index contributed by atoms with van der Waals surface area (Å²) in [6.45, 7) is 4.71. The molecular formula is C22H23N3O3S. The summed E-state index contributed by atoms with van der Waals surface area (Å²) in [7, 11) is 0. The van der Waals surface area contributed by atoms with E-state index in [1.165, 1.54) is 0 Å². The van der Waals surface area contributed by atoms with Crippen molar-refractivity contribution in [3.05, 3.63) is 48.4 Å². The quantitative estimate of drug-likeness (QED) is 0.655. The van der Waals surface area contributed by atoms with Gasteiger partial charge in [-0.05, 0) is 30.3 Å². The summed E-state index contributed by atoms with van der Waals surface area (Å²) in [5.74, 6) is 1.52. The van der Waals surface area contributed by atoms with Crippen molar-refractivity contribution in [3.8, 4) is 0 Å². The minimum atomic E-state index is -0.190. The van der Waals surface area contributed by atoms with Gasteiger partial charge < -0.3 is 14.6 Å². The van der Waals surface area contributed by atoms with Crippen molar-refractivity contribution in [2.75, 3.05) is 22.5 Å². The normalized spacial score (nSPS) is 13.6. The van der Waals surface area contributed by atoms with Crippen molar-refractivity contribution in [1.82, 2.24) is 4.98 Å². The lowest BCUT2D eigenvalue weighted by Gasteiger charge is -2.29. The molecule has 4 rings (SSSR count). The van der Waals surface area contributed by atoms with E-state index in [2.05, 4.69) is 10.3 Å². The number of rotatable bonds is 5. The number of carbonyl (C=O) groups excluding carboxylic acids is 2. The molecule has 0 aliphatic carbocycles. The molecule has 1 aliphatic heterocycles. The SMILES string of the molecule is CC(C)c1nc2cc(NC(=O)CCC(=O)N3CCSc4ccccc43)ccc2o1. The van der Waals surface area contributed by atoms with E-state index in [0.29, 0.717) is 29.2 Å². The highest BCUT2D eigenvalue weighted by molar-refractivity contribution is 7.99. The summed E-state index contributed by atoms with van der Waals surface area (Å²) in [5.41, 5.74) is 3.00. The number of benzene rings is 2. The number of oxazole rings is 1. The Morgan fingerprint density at radius 3 is 2.86 bits per heavy atom. The molecule has 0 fully saturated rings. The van der Waals surface area contributed by atoms with Crippen LogP contribution in [0.2, 0.25) is 0 Å². The first-order valence-electron chi connectivity index (χ1n) is 9.74. The maximum absolute atomic E-state index is 12.7. The van der Waals surface area contributed by atoms with Gasteiger partial charge in [-0.15, -0.1) is 11.8 Å². The lowest BCUT2D eigenvalue weighted by molar-refractivity contribution is -0.122. The topological polar surface area (TPSA) is 75.4 Å². The molecule has 6 nitrogen and oxygen atoms in total. The Morgan fingerprint density at radius 1 is 1.21 bits per heavy atom. The average molecular weight is 410 g/mol. The first kappa shape index (κ1) is 19.5. The third-order valence-electron chi connectivity index (χ3n) is 4.78. The van der Waals surface area contributed by atoms with Crippen LogP contribution >= 0.6 is 11.8 Å². The van der Waals surface area contributed by atoms with E-state index in [0.717, 1.165) is 16.3 Å². The molecule has 2 heterocycles. The van der Waals surface area contributed by atoms with Crippen molar-refractivity contribution in [2.45, 2.75) is 37.5 Å². The van der Waals surface area contributed by atoms with E-state index in [1.54, 1.807) is 34.9 Å². The molecule has 2 aromatic carbocycles. The number of amides is 2. The number of aromatic nitrogens is 1. The fraction of sp³-hybridized carbons (Fsp3) is 0.318. The molecule has 2 amide bonds. The van der Waals surface area contributed by atoms with Crippen LogP contribution in [-0.4, -0.2) is 29.1 Å². The largest absolute Gasteiger partial charge is 0.440 e. The number of nitrogens with zero attached hydrogens (tertiary/aromatic N) is 2. The van der Waals surface area contributed by atoms with Gasteiger partial charge in [-0.25, -0.2) is 4.98 Å². The molecule has 0 saturated carbocycles. The molecule has 1 aliphatic rings. The summed E-state index contributed by atoms with van der Waals surface area (Å²) < 4.78 is 5.69. The van der Waals surface area contributed by atoms with E-state index in [9.17, 15) is 9.59 Å². The second kappa shape index (κ2) is 8.29. The lowest BCUT2D eigenvalue weighted by atomic mass is 10.2. The minimum Gasteiger partial charge on any atom is -0.440 e. The molecular weight excluding hydrogens is 386 g/mol. The van der Waals surface area contributed by atoms with E-state index < -0.39 is 0 Å². The number of para-hydroxylation sites is 1. The molecule has 0 saturated heterocycles. The van der Waals surface area contributed by atoms with Gasteiger partial charge in [0, 0.05) is 41.6 Å². The van der Waals surface area contributed by atoms with Gasteiger partial charge in [-0.2, -0.15) is 0 Å². The van der Waals surface area contributed by atoms with Gasteiger partial charge in [-0.3, -0.25) is 9.59 Å². The fourth-order valence-electron chi connectivity index (χ4n) is 3.28. The molecule has 0 bridgehead atoms. The van der Waals surface area contributed by atoms with Crippen LogP contribution in [0.3, 0.4) is 0 Å². The molecule has 1 aromatic heterocycles. The number of hydrogen-bond donors (Lipinski definition) is 1. The molecule has 0 unspecified atom stereocenters. The average Bonchev–Trinajstić information content (AvgIpc) is 3.15. The van der Waals surface area contributed by atoms with Crippen LogP contribution in [0, 0.1) is 0 Å². The van der Waals surface area contributed by atoms with Gasteiger partial charge in [-0.1, -0.05) is 26.0 Å². The van der Waals surface area contributed by atoms with Gasteiger partial charge in [0.25, 0.3) is 0 Å². The Morgan fingerprint density at radius 2 is 2.03 bits per heavy atom. The summed E-state index contributed by atoms with van der Waals surface area (Å²) in [5, 5.41) is 2.85. The van der Waals surface area contributed by atoms with Crippen LogP contribution < -0.4 is 10.2 Å². The van der Waals surface area contributed by atoms with Crippen LogP contribution in [0.1, 0.15) is 38.5 Å². The highest BCUT2D eigenvalue weighted by Gasteiger charge is 2.23. The van der Waals surface area contributed by atoms with E-state index >= 15 is 0 Å². The van der Waals surface area contributed by atoms with Crippen LogP contribution in [0.5, 0.6) is 0 Å². The minimum absolute atomic E-state index is 0.0265. The third-order valence-corrected chi connectivity index (χ3v) is 5.82. The van der Waals surface area contributed by atoms with E-state index in [4.69, 9.17) is 4.42 Å². The summed E-state index contributed by atoms with van der Waals surface area (Å²) >= 11 is 1.75. The summed E-state index contributed by atoms with van der Waals surface area (Å²) in [6.07, 6.45) is 0.313. The Bertz CT molecular complexity index is 1060. The van der Waals surface area contributed by atoms with E-state index in [1.807, 2.05) is 38.1 Å². The van der Waals surface area contributed by atoms with Crippen molar-refractivity contribution < 1.29 is 14.0 Å². The standard InChI is InChI=1S/C22H23N3O3S/c1-14(2)22-24-16-13-15(7-8-18(16)28-22)23-20(26)9-10-21(27)25-11-12-29-19-6-4-3-5-17(19)25/h3-8,13-14H,9-12H2,1-2H3,(H,23,26). The summed E-state index contributed by atoms with van der Waals surface area (Å²) in [4.78, 5) is 32.4. The Kier molecular flexibility index (Phi) is 5.58. The van der Waals surface area contributed by atoms with Crippen LogP contribution in [0.25, 0.3) is 11.1 Å². The molecule has 150 valence electrons. The zero-order valence-electron chi connectivity index (χ0n) is 16.5. The molecule has 0 radical (unpaired) electrons. The van der Waals surface area contributed by atoms with Crippen molar-refractivity contribution in [1.29, 1.82) is 0 Å². The Balaban J connectivity index is 1.37. The van der Waals surface area contributed by atoms with Crippen LogP contribution in [-0.2, 0) is 9.59 Å². The smallest absolute Gasteiger partial charge is 0.227 e. The first-order valence-corrected chi connectivity index (χ1v) is 10.7. The number of fused-ring (bicyclic) bond motifs is 2. The number of anilines is 2.